The van der Waals surface area contributed by atoms with Gasteiger partial charge in [0.15, 0.2) is 11.9 Å². The van der Waals surface area contributed by atoms with Crippen LogP contribution >= 0.6 is 0 Å². The molecule has 5 nitrogen and oxygen atoms in total. The predicted octanol–water partition coefficient (Wildman–Crippen LogP) is 5.72. The summed E-state index contributed by atoms with van der Waals surface area (Å²) in [6.07, 6.45) is -0.0112. The number of para-hydroxylation sites is 1. The highest BCUT2D eigenvalue weighted by Gasteiger charge is 2.22. The van der Waals surface area contributed by atoms with Crippen LogP contribution in [0, 0.1) is 6.92 Å². The fourth-order valence-corrected chi connectivity index (χ4v) is 4.14. The van der Waals surface area contributed by atoms with E-state index in [1.165, 1.54) is 6.92 Å². The third-order valence-corrected chi connectivity index (χ3v) is 5.95. The number of carbonyl (C=O) groups is 2. The van der Waals surface area contributed by atoms with Gasteiger partial charge in [0.25, 0.3) is 0 Å². The number of aliphatic carboxylic acids is 1. The summed E-state index contributed by atoms with van der Waals surface area (Å²) in [4.78, 5) is 24.7. The number of hydrogen-bond donors (Lipinski definition) is 1. The van der Waals surface area contributed by atoms with Gasteiger partial charge in [0.1, 0.15) is 0 Å². The quantitative estimate of drug-likeness (QED) is 0.355. The molecule has 0 aliphatic carbocycles. The van der Waals surface area contributed by atoms with E-state index in [0.29, 0.717) is 11.1 Å². The molecule has 33 heavy (non-hydrogen) atoms. The SMILES string of the molecule is CCc1cccc(C(=O)c2c(C)n(-c3cccc(CO[C@@H](C)C(=O)O)c3)c3ccccc23)c1. The molecule has 0 spiro atoms. The summed E-state index contributed by atoms with van der Waals surface area (Å²) in [5.41, 5.74) is 6.08. The summed E-state index contributed by atoms with van der Waals surface area (Å²) in [5.74, 6) is -0.985. The highest BCUT2D eigenvalue weighted by Crippen LogP contribution is 2.31. The van der Waals surface area contributed by atoms with Gasteiger partial charge in [-0.3, -0.25) is 4.79 Å². The maximum atomic E-state index is 13.6. The number of nitrogens with zero attached hydrogens (tertiary/aromatic N) is 1. The van der Waals surface area contributed by atoms with Crippen LogP contribution in [0.15, 0.2) is 72.8 Å². The largest absolute Gasteiger partial charge is 0.479 e. The van der Waals surface area contributed by atoms with Crippen LogP contribution in [-0.2, 0) is 22.6 Å². The third kappa shape index (κ3) is 4.45. The summed E-state index contributed by atoms with van der Waals surface area (Å²) in [6.45, 7) is 5.75. The normalized spacial score (nSPS) is 12.1. The lowest BCUT2D eigenvalue weighted by Gasteiger charge is -2.12. The van der Waals surface area contributed by atoms with Gasteiger partial charge < -0.3 is 14.4 Å². The second-order valence-corrected chi connectivity index (χ2v) is 8.16. The van der Waals surface area contributed by atoms with Crippen molar-refractivity contribution in [3.63, 3.8) is 0 Å². The number of benzene rings is 3. The zero-order chi connectivity index (χ0) is 23.5. The van der Waals surface area contributed by atoms with E-state index in [9.17, 15) is 9.59 Å². The number of aromatic nitrogens is 1. The van der Waals surface area contributed by atoms with Crippen LogP contribution in [0.4, 0.5) is 0 Å². The zero-order valence-electron chi connectivity index (χ0n) is 19.0. The van der Waals surface area contributed by atoms with Gasteiger partial charge in [0.05, 0.1) is 17.7 Å². The maximum Gasteiger partial charge on any atom is 0.332 e. The smallest absolute Gasteiger partial charge is 0.332 e. The Morgan fingerprint density at radius 2 is 1.70 bits per heavy atom. The average Bonchev–Trinajstić information content (AvgIpc) is 3.13. The van der Waals surface area contributed by atoms with Crippen LogP contribution in [0.2, 0.25) is 0 Å². The molecule has 1 aromatic heterocycles. The van der Waals surface area contributed by atoms with Crippen molar-refractivity contribution in [2.24, 2.45) is 0 Å². The molecule has 3 aromatic carbocycles. The Morgan fingerprint density at radius 3 is 2.45 bits per heavy atom. The molecule has 4 rings (SSSR count). The van der Waals surface area contributed by atoms with Crippen LogP contribution in [0.3, 0.4) is 0 Å². The first-order valence-corrected chi connectivity index (χ1v) is 11.1. The molecule has 0 unspecified atom stereocenters. The van der Waals surface area contributed by atoms with Crippen molar-refractivity contribution in [2.75, 3.05) is 0 Å². The predicted molar refractivity (Wildman–Crippen MR) is 129 cm³/mol. The Morgan fingerprint density at radius 1 is 0.970 bits per heavy atom. The maximum absolute atomic E-state index is 13.6. The number of hydrogen-bond acceptors (Lipinski definition) is 3. The number of ether oxygens (including phenoxy) is 1. The molecular weight excluding hydrogens is 414 g/mol. The minimum absolute atomic E-state index is 0.00696. The Kier molecular flexibility index (Phi) is 6.43. The van der Waals surface area contributed by atoms with Crippen LogP contribution < -0.4 is 0 Å². The molecule has 1 atom stereocenters. The van der Waals surface area contributed by atoms with Crippen LogP contribution in [0.5, 0.6) is 0 Å². The molecule has 0 saturated carbocycles. The second kappa shape index (κ2) is 9.43. The first kappa shape index (κ1) is 22.5. The van der Waals surface area contributed by atoms with Crippen molar-refractivity contribution < 1.29 is 19.4 Å². The monoisotopic (exact) mass is 441 g/mol. The average molecular weight is 442 g/mol. The van der Waals surface area contributed by atoms with Crippen molar-refractivity contribution in [1.29, 1.82) is 0 Å². The van der Waals surface area contributed by atoms with Gasteiger partial charge in [-0.05, 0) is 55.7 Å². The van der Waals surface area contributed by atoms with Gasteiger partial charge in [-0.2, -0.15) is 0 Å². The topological polar surface area (TPSA) is 68.5 Å². The zero-order valence-corrected chi connectivity index (χ0v) is 19.0. The molecule has 0 saturated heterocycles. The standard InChI is InChI=1S/C28H27NO4/c1-4-20-9-7-11-22(15-20)27(30)26-18(2)29(25-14-6-5-13-24(25)26)23-12-8-10-21(16-23)17-33-19(3)28(31)32/h5-16,19H,4,17H2,1-3H3,(H,31,32)/t19-/m0/s1. The van der Waals surface area contributed by atoms with Crippen LogP contribution in [0.1, 0.15) is 46.6 Å². The van der Waals surface area contributed by atoms with Gasteiger partial charge in [-0.25, -0.2) is 4.79 Å². The summed E-state index contributed by atoms with van der Waals surface area (Å²) in [7, 11) is 0. The Bertz CT molecular complexity index is 1330. The molecule has 0 radical (unpaired) electrons. The fourth-order valence-electron chi connectivity index (χ4n) is 4.14. The second-order valence-electron chi connectivity index (χ2n) is 8.16. The Labute approximate surface area is 193 Å². The van der Waals surface area contributed by atoms with E-state index >= 15 is 0 Å². The lowest BCUT2D eigenvalue weighted by molar-refractivity contribution is -0.149. The molecule has 0 bridgehead atoms. The van der Waals surface area contributed by atoms with E-state index in [2.05, 4.69) is 11.5 Å². The number of rotatable bonds is 8. The summed E-state index contributed by atoms with van der Waals surface area (Å²) >= 11 is 0. The van der Waals surface area contributed by atoms with Crippen molar-refractivity contribution in [1.82, 2.24) is 4.57 Å². The van der Waals surface area contributed by atoms with Gasteiger partial charge >= 0.3 is 5.97 Å². The van der Waals surface area contributed by atoms with Gasteiger partial charge in [0.2, 0.25) is 0 Å². The van der Waals surface area contributed by atoms with Crippen molar-refractivity contribution in [3.8, 4) is 5.69 Å². The lowest BCUT2D eigenvalue weighted by atomic mass is 9.98. The van der Waals surface area contributed by atoms with Crippen LogP contribution in [0.25, 0.3) is 16.6 Å². The molecule has 0 aliphatic rings. The van der Waals surface area contributed by atoms with E-state index in [-0.39, 0.29) is 12.4 Å². The molecule has 1 N–H and O–H groups in total. The number of ketones is 1. The number of aryl methyl sites for hydroxylation is 1. The number of carboxylic acids is 1. The van der Waals surface area contributed by atoms with E-state index in [0.717, 1.165) is 39.8 Å². The molecule has 4 aromatic rings. The number of carboxylic acid groups (broad SMARTS) is 1. The van der Waals surface area contributed by atoms with Crippen LogP contribution in [-0.4, -0.2) is 27.5 Å². The first-order valence-electron chi connectivity index (χ1n) is 11.1. The van der Waals surface area contributed by atoms with Gasteiger partial charge in [0, 0.05) is 22.3 Å². The number of carbonyl (C=O) groups excluding carboxylic acids is 1. The molecule has 0 amide bonds. The molecular formula is C28H27NO4. The van der Waals surface area contributed by atoms with Gasteiger partial charge in [-0.15, -0.1) is 0 Å². The molecule has 0 aliphatic heterocycles. The van der Waals surface area contributed by atoms with Gasteiger partial charge in [-0.1, -0.05) is 55.5 Å². The first-order chi connectivity index (χ1) is 15.9. The molecule has 1 heterocycles. The van der Waals surface area contributed by atoms with E-state index in [1.807, 2.05) is 79.7 Å². The minimum atomic E-state index is -0.992. The molecule has 168 valence electrons. The highest BCUT2D eigenvalue weighted by molar-refractivity contribution is 6.17. The highest BCUT2D eigenvalue weighted by atomic mass is 16.5. The van der Waals surface area contributed by atoms with E-state index in [4.69, 9.17) is 9.84 Å². The van der Waals surface area contributed by atoms with Crippen molar-refractivity contribution >= 4 is 22.7 Å². The van der Waals surface area contributed by atoms with Crippen molar-refractivity contribution in [3.05, 3.63) is 101 Å². The Hall–Kier alpha value is -3.70. The molecule has 0 fully saturated rings. The van der Waals surface area contributed by atoms with E-state index in [1.54, 1.807) is 0 Å². The summed E-state index contributed by atoms with van der Waals surface area (Å²) in [5, 5.41) is 9.97. The Balaban J connectivity index is 1.79. The van der Waals surface area contributed by atoms with E-state index < -0.39 is 12.1 Å². The van der Waals surface area contributed by atoms with Crippen molar-refractivity contribution in [2.45, 2.75) is 39.9 Å². The summed E-state index contributed by atoms with van der Waals surface area (Å²) < 4.78 is 7.54. The fraction of sp³-hybridized carbons (Fsp3) is 0.214. The molecule has 5 heteroatoms. The lowest BCUT2D eigenvalue weighted by Crippen LogP contribution is -2.19. The summed E-state index contributed by atoms with van der Waals surface area (Å²) in [6, 6.07) is 23.5. The third-order valence-electron chi connectivity index (χ3n) is 5.95. The number of fused-ring (bicyclic) bond motifs is 1. The minimum Gasteiger partial charge on any atom is -0.479 e.